The first-order chi connectivity index (χ1) is 11.7. The molecule has 2 rings (SSSR count). The standard InChI is InChI=1S/C18H30N4OS.HI/c1-19-18(22(2)13-11-16-9-6-14-24-16)20-12-10-17(23)21-15-7-4-3-5-8-15;/h6,9,14-15H,3-5,7-8,10-13H2,1-2H3,(H,19,20)(H,21,23);1H. The van der Waals surface area contributed by atoms with Crippen molar-refractivity contribution in [2.24, 2.45) is 4.99 Å². The molecule has 1 heterocycles. The third-order valence-corrected chi connectivity index (χ3v) is 5.39. The molecular weight excluding hydrogens is 447 g/mol. The number of likely N-dealkylation sites (N-methyl/N-ethyl adjacent to an activating group) is 1. The topological polar surface area (TPSA) is 56.7 Å². The molecule has 0 aliphatic heterocycles. The third-order valence-electron chi connectivity index (χ3n) is 4.45. The highest BCUT2D eigenvalue weighted by molar-refractivity contribution is 14.0. The van der Waals surface area contributed by atoms with Crippen LogP contribution in [0.1, 0.15) is 43.4 Å². The minimum Gasteiger partial charge on any atom is -0.356 e. The zero-order valence-corrected chi connectivity index (χ0v) is 18.4. The van der Waals surface area contributed by atoms with Crippen molar-refractivity contribution in [1.82, 2.24) is 15.5 Å². The number of carbonyl (C=O) groups is 1. The van der Waals surface area contributed by atoms with E-state index >= 15 is 0 Å². The summed E-state index contributed by atoms with van der Waals surface area (Å²) >= 11 is 1.78. The highest BCUT2D eigenvalue weighted by Gasteiger charge is 2.15. The molecule has 1 aromatic heterocycles. The van der Waals surface area contributed by atoms with Crippen molar-refractivity contribution >= 4 is 47.2 Å². The van der Waals surface area contributed by atoms with Crippen molar-refractivity contribution in [3.8, 4) is 0 Å². The minimum absolute atomic E-state index is 0. The van der Waals surface area contributed by atoms with Gasteiger partial charge in [-0.2, -0.15) is 0 Å². The molecule has 0 bridgehead atoms. The Morgan fingerprint density at radius 2 is 2.12 bits per heavy atom. The molecule has 0 radical (unpaired) electrons. The van der Waals surface area contributed by atoms with Crippen LogP contribution in [0.3, 0.4) is 0 Å². The van der Waals surface area contributed by atoms with E-state index in [1.807, 2.05) is 7.05 Å². The Morgan fingerprint density at radius 1 is 1.36 bits per heavy atom. The molecule has 0 atom stereocenters. The van der Waals surface area contributed by atoms with Crippen LogP contribution in [-0.4, -0.2) is 50.0 Å². The number of thiophene rings is 1. The summed E-state index contributed by atoms with van der Waals surface area (Å²) in [6.45, 7) is 1.53. The van der Waals surface area contributed by atoms with Gasteiger partial charge >= 0.3 is 0 Å². The zero-order chi connectivity index (χ0) is 17.2. The van der Waals surface area contributed by atoms with Gasteiger partial charge in [0.1, 0.15) is 0 Å². The fraction of sp³-hybridized carbons (Fsp3) is 0.667. The van der Waals surface area contributed by atoms with E-state index in [0.29, 0.717) is 19.0 Å². The van der Waals surface area contributed by atoms with Gasteiger partial charge in [-0.15, -0.1) is 35.3 Å². The second-order valence-corrected chi connectivity index (χ2v) is 7.41. The first kappa shape index (κ1) is 22.2. The summed E-state index contributed by atoms with van der Waals surface area (Å²) in [4.78, 5) is 19.8. The highest BCUT2D eigenvalue weighted by Crippen LogP contribution is 2.17. The van der Waals surface area contributed by atoms with Crippen molar-refractivity contribution < 1.29 is 4.79 Å². The maximum Gasteiger partial charge on any atom is 0.221 e. The molecular formula is C18H31IN4OS. The van der Waals surface area contributed by atoms with Crippen LogP contribution >= 0.6 is 35.3 Å². The average Bonchev–Trinajstić information content (AvgIpc) is 3.11. The van der Waals surface area contributed by atoms with Gasteiger partial charge in [0.15, 0.2) is 5.96 Å². The van der Waals surface area contributed by atoms with E-state index < -0.39 is 0 Å². The molecule has 2 N–H and O–H groups in total. The van der Waals surface area contributed by atoms with Gasteiger partial charge in [-0.05, 0) is 30.7 Å². The fourth-order valence-corrected chi connectivity index (χ4v) is 3.76. The normalized spacial score (nSPS) is 15.4. The number of nitrogens with zero attached hydrogens (tertiary/aromatic N) is 2. The van der Waals surface area contributed by atoms with Crippen LogP contribution in [0.25, 0.3) is 0 Å². The lowest BCUT2D eigenvalue weighted by Crippen LogP contribution is -2.42. The first-order valence-corrected chi connectivity index (χ1v) is 9.80. The molecule has 0 aromatic carbocycles. The second kappa shape index (κ2) is 12.5. The van der Waals surface area contributed by atoms with Crippen LogP contribution < -0.4 is 10.6 Å². The van der Waals surface area contributed by atoms with Gasteiger partial charge in [-0.1, -0.05) is 25.3 Å². The van der Waals surface area contributed by atoms with Gasteiger partial charge in [0.2, 0.25) is 5.91 Å². The van der Waals surface area contributed by atoms with Crippen LogP contribution in [0.15, 0.2) is 22.5 Å². The van der Waals surface area contributed by atoms with Crippen molar-refractivity contribution in [2.45, 2.75) is 51.0 Å². The number of guanidine groups is 1. The summed E-state index contributed by atoms with van der Waals surface area (Å²) in [6, 6.07) is 4.63. The van der Waals surface area contributed by atoms with E-state index in [4.69, 9.17) is 0 Å². The molecule has 0 spiro atoms. The molecule has 5 nitrogen and oxygen atoms in total. The van der Waals surface area contributed by atoms with Crippen molar-refractivity contribution in [2.75, 3.05) is 27.2 Å². The number of carbonyl (C=O) groups excluding carboxylic acids is 1. The molecule has 1 amide bonds. The van der Waals surface area contributed by atoms with Crippen LogP contribution in [-0.2, 0) is 11.2 Å². The third kappa shape index (κ3) is 8.40. The molecule has 1 aliphatic carbocycles. The van der Waals surface area contributed by atoms with Gasteiger partial charge in [-0.25, -0.2) is 0 Å². The lowest BCUT2D eigenvalue weighted by atomic mass is 9.95. The largest absolute Gasteiger partial charge is 0.356 e. The molecule has 0 unspecified atom stereocenters. The molecule has 142 valence electrons. The van der Waals surface area contributed by atoms with E-state index in [-0.39, 0.29) is 29.9 Å². The maximum absolute atomic E-state index is 12.0. The Bertz CT molecular complexity index is 515. The first-order valence-electron chi connectivity index (χ1n) is 8.92. The number of hydrogen-bond acceptors (Lipinski definition) is 3. The smallest absolute Gasteiger partial charge is 0.221 e. The van der Waals surface area contributed by atoms with Gasteiger partial charge in [0.05, 0.1) is 0 Å². The van der Waals surface area contributed by atoms with Crippen molar-refractivity contribution in [1.29, 1.82) is 0 Å². The summed E-state index contributed by atoms with van der Waals surface area (Å²) < 4.78 is 0. The summed E-state index contributed by atoms with van der Waals surface area (Å²) in [6.07, 6.45) is 7.56. The number of aliphatic imine (C=N–C) groups is 1. The lowest BCUT2D eigenvalue weighted by molar-refractivity contribution is -0.121. The number of amides is 1. The lowest BCUT2D eigenvalue weighted by Gasteiger charge is -2.24. The average molecular weight is 478 g/mol. The summed E-state index contributed by atoms with van der Waals surface area (Å²) in [5, 5.41) is 8.54. The maximum atomic E-state index is 12.0. The Kier molecular flexibility index (Phi) is 11.1. The van der Waals surface area contributed by atoms with E-state index in [1.165, 1.54) is 24.1 Å². The van der Waals surface area contributed by atoms with Gasteiger partial charge in [0.25, 0.3) is 0 Å². The molecule has 1 aliphatic rings. The van der Waals surface area contributed by atoms with Crippen LogP contribution in [0.4, 0.5) is 0 Å². The van der Waals surface area contributed by atoms with Gasteiger partial charge < -0.3 is 15.5 Å². The molecule has 1 saturated carbocycles. The zero-order valence-electron chi connectivity index (χ0n) is 15.3. The molecule has 7 heteroatoms. The molecule has 1 fully saturated rings. The highest BCUT2D eigenvalue weighted by atomic mass is 127. The SMILES string of the molecule is CN=C(NCCC(=O)NC1CCCCC1)N(C)CCc1cccs1.I. The summed E-state index contributed by atoms with van der Waals surface area (Å²) in [7, 11) is 3.82. The second-order valence-electron chi connectivity index (χ2n) is 6.38. The fourth-order valence-electron chi connectivity index (χ4n) is 3.06. The number of hydrogen-bond donors (Lipinski definition) is 2. The summed E-state index contributed by atoms with van der Waals surface area (Å²) in [5.74, 6) is 0.989. The monoisotopic (exact) mass is 478 g/mol. The molecule has 1 aromatic rings. The predicted octanol–water partition coefficient (Wildman–Crippen LogP) is 3.25. The van der Waals surface area contributed by atoms with Gasteiger partial charge in [0, 0.05) is 44.5 Å². The van der Waals surface area contributed by atoms with Crippen LogP contribution in [0.5, 0.6) is 0 Å². The number of rotatable bonds is 7. The van der Waals surface area contributed by atoms with E-state index in [9.17, 15) is 4.79 Å². The summed E-state index contributed by atoms with van der Waals surface area (Å²) in [5.41, 5.74) is 0. The molecule has 25 heavy (non-hydrogen) atoms. The predicted molar refractivity (Wildman–Crippen MR) is 117 cm³/mol. The number of nitrogens with one attached hydrogen (secondary N) is 2. The molecule has 0 saturated heterocycles. The van der Waals surface area contributed by atoms with E-state index in [2.05, 4.69) is 38.0 Å². The van der Waals surface area contributed by atoms with Gasteiger partial charge in [-0.3, -0.25) is 9.79 Å². The van der Waals surface area contributed by atoms with Crippen LogP contribution in [0.2, 0.25) is 0 Å². The number of halogens is 1. The van der Waals surface area contributed by atoms with Crippen molar-refractivity contribution in [3.63, 3.8) is 0 Å². The minimum atomic E-state index is 0. The van der Waals surface area contributed by atoms with Crippen molar-refractivity contribution in [3.05, 3.63) is 22.4 Å². The Labute approximate surface area is 172 Å². The Balaban J connectivity index is 0.00000312. The van der Waals surface area contributed by atoms with Crippen LogP contribution in [0, 0.1) is 0 Å². The van der Waals surface area contributed by atoms with E-state index in [1.54, 1.807) is 18.4 Å². The quantitative estimate of drug-likeness (QED) is 0.360. The van der Waals surface area contributed by atoms with E-state index in [0.717, 1.165) is 31.8 Å². The Morgan fingerprint density at radius 3 is 2.76 bits per heavy atom. The Hall–Kier alpha value is -0.830.